The number of allylic oxidation sites excluding steroid dienone is 2. The summed E-state index contributed by atoms with van der Waals surface area (Å²) >= 11 is 0. The van der Waals surface area contributed by atoms with Crippen LogP contribution in [0.5, 0.6) is 5.75 Å². The van der Waals surface area contributed by atoms with Gasteiger partial charge in [0, 0.05) is 18.2 Å². The van der Waals surface area contributed by atoms with Crippen LogP contribution in [-0.2, 0) is 6.42 Å². The van der Waals surface area contributed by atoms with Crippen molar-refractivity contribution in [1.82, 2.24) is 5.32 Å². The second-order valence-electron chi connectivity index (χ2n) is 8.24. The van der Waals surface area contributed by atoms with Gasteiger partial charge in [0.05, 0.1) is 12.2 Å². The van der Waals surface area contributed by atoms with Crippen molar-refractivity contribution in [2.24, 2.45) is 0 Å². The van der Waals surface area contributed by atoms with Crippen molar-refractivity contribution < 1.29 is 9.53 Å². The van der Waals surface area contributed by atoms with Gasteiger partial charge in [0.2, 0.25) is 0 Å². The number of carbonyl (C=O) groups is 1. The summed E-state index contributed by atoms with van der Waals surface area (Å²) in [5.74, 6) is 0.959. The Labute approximate surface area is 201 Å². The first-order chi connectivity index (χ1) is 16.6. The van der Waals surface area contributed by atoms with Crippen LogP contribution in [0.1, 0.15) is 48.4 Å². The first-order valence-corrected chi connectivity index (χ1v) is 11.7. The van der Waals surface area contributed by atoms with Crippen molar-refractivity contribution in [2.75, 3.05) is 18.5 Å². The Balaban J connectivity index is 1.46. The molecule has 0 bridgehead atoms. The average molecular weight is 452 g/mol. The third-order valence-electron chi connectivity index (χ3n) is 6.11. The number of anilines is 1. The van der Waals surface area contributed by atoms with Gasteiger partial charge in [0.25, 0.3) is 0 Å². The van der Waals surface area contributed by atoms with E-state index < -0.39 is 0 Å². The molecule has 2 N–H and O–H groups in total. The van der Waals surface area contributed by atoms with Crippen molar-refractivity contribution in [1.29, 1.82) is 5.26 Å². The molecule has 0 heterocycles. The fourth-order valence-corrected chi connectivity index (χ4v) is 4.55. The molecule has 0 fully saturated rings. The third-order valence-corrected chi connectivity index (χ3v) is 6.11. The molecule has 2 amide bonds. The molecule has 0 radical (unpaired) electrons. The number of nitriles is 1. The van der Waals surface area contributed by atoms with E-state index in [9.17, 15) is 10.1 Å². The van der Waals surface area contributed by atoms with Crippen LogP contribution in [0.2, 0.25) is 0 Å². The summed E-state index contributed by atoms with van der Waals surface area (Å²) in [6.45, 7) is 5.27. The summed E-state index contributed by atoms with van der Waals surface area (Å²) in [7, 11) is 0. The molecule has 5 nitrogen and oxygen atoms in total. The molecule has 0 aromatic heterocycles. The van der Waals surface area contributed by atoms with Gasteiger partial charge in [-0.1, -0.05) is 49.4 Å². The highest BCUT2D eigenvalue weighted by Crippen LogP contribution is 2.49. The summed E-state index contributed by atoms with van der Waals surface area (Å²) in [5.41, 5.74) is 6.75. The Morgan fingerprint density at radius 2 is 1.79 bits per heavy atom. The summed E-state index contributed by atoms with van der Waals surface area (Å²) in [6.07, 6.45) is 1.66. The maximum absolute atomic E-state index is 12.3. The van der Waals surface area contributed by atoms with Crippen molar-refractivity contribution in [3.63, 3.8) is 0 Å². The van der Waals surface area contributed by atoms with E-state index in [0.29, 0.717) is 24.4 Å². The van der Waals surface area contributed by atoms with Gasteiger partial charge in [-0.25, -0.2) is 4.79 Å². The molecule has 1 aliphatic carbocycles. The lowest BCUT2D eigenvalue weighted by atomic mass is 9.88. The largest absolute Gasteiger partial charge is 0.494 e. The van der Waals surface area contributed by atoms with Crippen molar-refractivity contribution in [3.8, 4) is 11.8 Å². The molecule has 0 saturated heterocycles. The highest BCUT2D eigenvalue weighted by atomic mass is 16.5. The Morgan fingerprint density at radius 1 is 1.03 bits per heavy atom. The van der Waals surface area contributed by atoms with E-state index in [0.717, 1.165) is 40.9 Å². The zero-order chi connectivity index (χ0) is 23.9. The van der Waals surface area contributed by atoms with Crippen LogP contribution in [-0.4, -0.2) is 19.2 Å². The van der Waals surface area contributed by atoms with Gasteiger partial charge in [-0.2, -0.15) is 5.26 Å². The van der Waals surface area contributed by atoms with Gasteiger partial charge in [-0.05, 0) is 77.9 Å². The molecule has 1 atom stereocenters. The van der Waals surface area contributed by atoms with Crippen molar-refractivity contribution >= 4 is 22.9 Å². The lowest BCUT2D eigenvalue weighted by Gasteiger charge is -2.16. The van der Waals surface area contributed by atoms with Crippen LogP contribution in [0.15, 0.2) is 72.8 Å². The first kappa shape index (κ1) is 23.1. The molecule has 1 aliphatic rings. The summed E-state index contributed by atoms with van der Waals surface area (Å²) in [6, 6.07) is 26.0. The minimum Gasteiger partial charge on any atom is -0.494 e. The molecule has 1 unspecified atom stereocenters. The number of hydrogen-bond acceptors (Lipinski definition) is 3. The quantitative estimate of drug-likeness (QED) is 0.417. The molecule has 0 aliphatic heterocycles. The van der Waals surface area contributed by atoms with Crippen LogP contribution in [0.3, 0.4) is 0 Å². The number of hydrogen-bond donors (Lipinski definition) is 2. The standard InChI is InChI=1S/C29H29N3O2/c1-3-24-26-18-23(34-4-2)14-15-25(26)27(19-30)28(24)21-10-12-22(13-11-21)32-29(33)31-17-16-20-8-6-5-7-9-20/h5-15,18,24H,3-4,16-17H2,1-2H3,(H2,31,32,33). The van der Waals surface area contributed by atoms with E-state index in [-0.39, 0.29) is 11.9 Å². The predicted octanol–water partition coefficient (Wildman–Crippen LogP) is 6.39. The second kappa shape index (κ2) is 10.7. The molecule has 5 heteroatoms. The Hall–Kier alpha value is -4.04. The van der Waals surface area contributed by atoms with Crippen molar-refractivity contribution in [2.45, 2.75) is 32.6 Å². The number of carbonyl (C=O) groups excluding carboxylic acids is 1. The lowest BCUT2D eigenvalue weighted by Crippen LogP contribution is -2.30. The fraction of sp³-hybridized carbons (Fsp3) is 0.241. The highest BCUT2D eigenvalue weighted by molar-refractivity contribution is 6.05. The highest BCUT2D eigenvalue weighted by Gasteiger charge is 2.31. The Morgan fingerprint density at radius 3 is 2.47 bits per heavy atom. The number of urea groups is 1. The molecule has 3 aromatic rings. The summed E-state index contributed by atoms with van der Waals surface area (Å²) in [4.78, 5) is 12.3. The smallest absolute Gasteiger partial charge is 0.319 e. The zero-order valence-electron chi connectivity index (χ0n) is 19.6. The van der Waals surface area contributed by atoms with Crippen LogP contribution in [0, 0.1) is 11.3 Å². The SMILES string of the molecule is CCOc1ccc2c(c1)C(CC)C(c1ccc(NC(=O)NCCc3ccccc3)cc1)=C2C#N. The average Bonchev–Trinajstić information content (AvgIpc) is 3.18. The van der Waals surface area contributed by atoms with Crippen LogP contribution < -0.4 is 15.4 Å². The number of fused-ring (bicyclic) bond motifs is 1. The topological polar surface area (TPSA) is 74.2 Å². The minimum absolute atomic E-state index is 0.130. The molecule has 172 valence electrons. The van der Waals surface area contributed by atoms with Crippen LogP contribution in [0.25, 0.3) is 11.1 Å². The number of nitrogens with one attached hydrogen (secondary N) is 2. The molecule has 4 rings (SSSR count). The predicted molar refractivity (Wildman–Crippen MR) is 137 cm³/mol. The third kappa shape index (κ3) is 4.97. The number of rotatable bonds is 8. The Kier molecular flexibility index (Phi) is 7.29. The zero-order valence-corrected chi connectivity index (χ0v) is 19.6. The van der Waals surface area contributed by atoms with E-state index in [2.05, 4.69) is 29.7 Å². The molecule has 0 saturated carbocycles. The number of ether oxygens (including phenoxy) is 1. The number of nitrogens with zero attached hydrogens (tertiary/aromatic N) is 1. The lowest BCUT2D eigenvalue weighted by molar-refractivity contribution is 0.252. The van der Waals surface area contributed by atoms with Crippen molar-refractivity contribution in [3.05, 3.63) is 95.1 Å². The van der Waals surface area contributed by atoms with Crippen LogP contribution >= 0.6 is 0 Å². The van der Waals surface area contributed by atoms with E-state index >= 15 is 0 Å². The van der Waals surface area contributed by atoms with Gasteiger partial charge in [-0.15, -0.1) is 0 Å². The maximum atomic E-state index is 12.3. The van der Waals surface area contributed by atoms with Gasteiger partial charge in [-0.3, -0.25) is 0 Å². The molecular formula is C29H29N3O2. The van der Waals surface area contributed by atoms with E-state index in [1.807, 2.05) is 73.7 Å². The summed E-state index contributed by atoms with van der Waals surface area (Å²) < 4.78 is 5.69. The maximum Gasteiger partial charge on any atom is 0.319 e. The molecular weight excluding hydrogens is 422 g/mol. The first-order valence-electron chi connectivity index (χ1n) is 11.7. The van der Waals surface area contributed by atoms with E-state index in [1.165, 1.54) is 5.56 Å². The Bertz CT molecular complexity index is 1220. The molecule has 3 aromatic carbocycles. The van der Waals surface area contributed by atoms with Gasteiger partial charge in [0.1, 0.15) is 11.8 Å². The van der Waals surface area contributed by atoms with E-state index in [1.54, 1.807) is 0 Å². The van der Waals surface area contributed by atoms with Crippen LogP contribution in [0.4, 0.5) is 10.5 Å². The minimum atomic E-state index is -0.233. The van der Waals surface area contributed by atoms with E-state index in [4.69, 9.17) is 4.74 Å². The molecule has 34 heavy (non-hydrogen) atoms. The normalized spacial score (nSPS) is 14.3. The van der Waals surface area contributed by atoms with Gasteiger partial charge < -0.3 is 15.4 Å². The fourth-order valence-electron chi connectivity index (χ4n) is 4.55. The van der Waals surface area contributed by atoms with Gasteiger partial charge >= 0.3 is 6.03 Å². The second-order valence-corrected chi connectivity index (χ2v) is 8.24. The van der Waals surface area contributed by atoms with Gasteiger partial charge in [0.15, 0.2) is 0 Å². The monoisotopic (exact) mass is 451 g/mol. The number of amides is 2. The number of benzene rings is 3. The molecule has 0 spiro atoms. The summed E-state index contributed by atoms with van der Waals surface area (Å²) in [5, 5.41) is 15.7.